The van der Waals surface area contributed by atoms with Crippen molar-refractivity contribution >= 4 is 0 Å². The van der Waals surface area contributed by atoms with Gasteiger partial charge in [0, 0.05) is 0 Å². The molecule has 1 aromatic carbocycles. The third-order valence-corrected chi connectivity index (χ3v) is 2.49. The second-order valence-corrected chi connectivity index (χ2v) is 4.44. The van der Waals surface area contributed by atoms with Crippen molar-refractivity contribution in [3.63, 3.8) is 0 Å². The van der Waals surface area contributed by atoms with Gasteiger partial charge in [-0.05, 0) is 31.0 Å². The molecule has 18 heavy (non-hydrogen) atoms. The molecule has 0 bridgehead atoms. The lowest BCUT2D eigenvalue weighted by atomic mass is 9.92. The SMILES string of the molecule is CCCOc1ccc(C(C)(O)CC(F)(F)F)cc1. The van der Waals surface area contributed by atoms with E-state index in [-0.39, 0.29) is 5.56 Å². The number of hydrogen-bond acceptors (Lipinski definition) is 2. The molecule has 0 aliphatic heterocycles. The Labute approximate surface area is 104 Å². The van der Waals surface area contributed by atoms with E-state index in [0.29, 0.717) is 12.4 Å². The number of hydrogen-bond donors (Lipinski definition) is 1. The summed E-state index contributed by atoms with van der Waals surface area (Å²) >= 11 is 0. The summed E-state index contributed by atoms with van der Waals surface area (Å²) in [5, 5.41) is 9.83. The van der Waals surface area contributed by atoms with Crippen LogP contribution in [-0.2, 0) is 5.60 Å². The van der Waals surface area contributed by atoms with Gasteiger partial charge < -0.3 is 9.84 Å². The molecule has 5 heteroatoms. The van der Waals surface area contributed by atoms with Crippen LogP contribution >= 0.6 is 0 Å². The van der Waals surface area contributed by atoms with Crippen LogP contribution in [0.4, 0.5) is 13.2 Å². The van der Waals surface area contributed by atoms with E-state index in [0.717, 1.165) is 13.3 Å². The molecular formula is C13H17F3O2. The van der Waals surface area contributed by atoms with Gasteiger partial charge in [0.2, 0.25) is 0 Å². The molecule has 1 aromatic rings. The van der Waals surface area contributed by atoms with Crippen LogP contribution in [-0.4, -0.2) is 17.9 Å². The van der Waals surface area contributed by atoms with Crippen molar-refractivity contribution < 1.29 is 23.0 Å². The second-order valence-electron chi connectivity index (χ2n) is 4.44. The fraction of sp³-hybridized carbons (Fsp3) is 0.538. The molecule has 1 N–H and O–H groups in total. The highest BCUT2D eigenvalue weighted by molar-refractivity contribution is 5.30. The lowest BCUT2D eigenvalue weighted by molar-refractivity contribution is -0.174. The highest BCUT2D eigenvalue weighted by atomic mass is 19.4. The largest absolute Gasteiger partial charge is 0.494 e. The smallest absolute Gasteiger partial charge is 0.392 e. The number of benzene rings is 1. The van der Waals surface area contributed by atoms with E-state index in [2.05, 4.69) is 0 Å². The maximum atomic E-state index is 12.3. The Morgan fingerprint density at radius 2 is 1.72 bits per heavy atom. The minimum Gasteiger partial charge on any atom is -0.494 e. The lowest BCUT2D eigenvalue weighted by Crippen LogP contribution is -2.28. The van der Waals surface area contributed by atoms with Crippen LogP contribution in [0, 0.1) is 0 Å². The summed E-state index contributed by atoms with van der Waals surface area (Å²) in [6.07, 6.45) is -4.82. The van der Waals surface area contributed by atoms with Gasteiger partial charge in [-0.1, -0.05) is 19.1 Å². The summed E-state index contributed by atoms with van der Waals surface area (Å²) in [7, 11) is 0. The zero-order chi connectivity index (χ0) is 13.8. The fourth-order valence-corrected chi connectivity index (χ4v) is 1.62. The number of ether oxygens (including phenoxy) is 1. The predicted octanol–water partition coefficient (Wildman–Crippen LogP) is 3.64. The maximum absolute atomic E-state index is 12.3. The van der Waals surface area contributed by atoms with E-state index in [1.54, 1.807) is 12.1 Å². The van der Waals surface area contributed by atoms with Crippen LogP contribution in [0.25, 0.3) is 0 Å². The topological polar surface area (TPSA) is 29.5 Å². The Kier molecular flexibility index (Phi) is 4.62. The van der Waals surface area contributed by atoms with Crippen molar-refractivity contribution in [1.29, 1.82) is 0 Å². The van der Waals surface area contributed by atoms with Crippen molar-refractivity contribution in [2.45, 2.75) is 38.5 Å². The average molecular weight is 262 g/mol. The molecule has 0 heterocycles. The summed E-state index contributed by atoms with van der Waals surface area (Å²) in [6.45, 7) is 3.67. The summed E-state index contributed by atoms with van der Waals surface area (Å²) in [4.78, 5) is 0. The highest BCUT2D eigenvalue weighted by Gasteiger charge is 2.39. The Bertz CT molecular complexity index is 369. The zero-order valence-corrected chi connectivity index (χ0v) is 10.4. The predicted molar refractivity (Wildman–Crippen MR) is 62.5 cm³/mol. The first kappa shape index (κ1) is 14.8. The molecule has 0 radical (unpaired) electrons. The quantitative estimate of drug-likeness (QED) is 0.878. The third kappa shape index (κ3) is 4.56. The molecule has 0 amide bonds. The molecule has 0 aliphatic carbocycles. The molecule has 0 saturated heterocycles. The minimum atomic E-state index is -4.40. The zero-order valence-electron chi connectivity index (χ0n) is 10.4. The first-order valence-corrected chi connectivity index (χ1v) is 5.77. The Morgan fingerprint density at radius 3 is 2.17 bits per heavy atom. The van der Waals surface area contributed by atoms with Crippen LogP contribution in [0.1, 0.15) is 32.3 Å². The van der Waals surface area contributed by atoms with Crippen LogP contribution in [0.2, 0.25) is 0 Å². The van der Waals surface area contributed by atoms with Crippen molar-refractivity contribution in [3.05, 3.63) is 29.8 Å². The van der Waals surface area contributed by atoms with Gasteiger partial charge in [0.15, 0.2) is 0 Å². The minimum absolute atomic E-state index is 0.226. The molecular weight excluding hydrogens is 245 g/mol. The Morgan fingerprint density at radius 1 is 1.17 bits per heavy atom. The van der Waals surface area contributed by atoms with Gasteiger partial charge in [0.05, 0.1) is 18.6 Å². The van der Waals surface area contributed by atoms with Crippen LogP contribution in [0.3, 0.4) is 0 Å². The van der Waals surface area contributed by atoms with Gasteiger partial charge in [0.25, 0.3) is 0 Å². The molecule has 0 fully saturated rings. The number of aliphatic hydroxyl groups is 1. The van der Waals surface area contributed by atoms with Gasteiger partial charge >= 0.3 is 6.18 Å². The van der Waals surface area contributed by atoms with E-state index in [1.807, 2.05) is 6.92 Å². The molecule has 0 saturated carbocycles. The van der Waals surface area contributed by atoms with Gasteiger partial charge in [0.1, 0.15) is 5.75 Å². The molecule has 1 unspecified atom stereocenters. The first-order chi connectivity index (χ1) is 8.24. The molecule has 1 rings (SSSR count). The fourth-order valence-electron chi connectivity index (χ4n) is 1.62. The van der Waals surface area contributed by atoms with E-state index >= 15 is 0 Å². The lowest BCUT2D eigenvalue weighted by Gasteiger charge is -2.25. The number of rotatable bonds is 5. The van der Waals surface area contributed by atoms with Crippen molar-refractivity contribution in [2.75, 3.05) is 6.61 Å². The summed E-state index contributed by atoms with van der Waals surface area (Å²) < 4.78 is 42.2. The Hall–Kier alpha value is -1.23. The van der Waals surface area contributed by atoms with Gasteiger partial charge in [-0.15, -0.1) is 0 Å². The van der Waals surface area contributed by atoms with E-state index in [1.165, 1.54) is 12.1 Å². The first-order valence-electron chi connectivity index (χ1n) is 5.77. The molecule has 0 spiro atoms. The third-order valence-electron chi connectivity index (χ3n) is 2.49. The average Bonchev–Trinajstić information content (AvgIpc) is 2.23. The monoisotopic (exact) mass is 262 g/mol. The van der Waals surface area contributed by atoms with Gasteiger partial charge in [-0.2, -0.15) is 13.2 Å². The molecule has 2 nitrogen and oxygen atoms in total. The van der Waals surface area contributed by atoms with Crippen molar-refractivity contribution in [1.82, 2.24) is 0 Å². The standard InChI is InChI=1S/C13H17F3O2/c1-3-8-18-11-6-4-10(5-7-11)12(2,17)9-13(14,15)16/h4-7,17H,3,8-9H2,1-2H3. The second kappa shape index (κ2) is 5.61. The van der Waals surface area contributed by atoms with Crippen LogP contribution in [0.5, 0.6) is 5.75 Å². The molecule has 0 aliphatic rings. The maximum Gasteiger partial charge on any atom is 0.392 e. The van der Waals surface area contributed by atoms with E-state index in [9.17, 15) is 18.3 Å². The number of alkyl halides is 3. The molecule has 0 aromatic heterocycles. The molecule has 102 valence electrons. The van der Waals surface area contributed by atoms with Crippen molar-refractivity contribution in [2.24, 2.45) is 0 Å². The van der Waals surface area contributed by atoms with E-state index in [4.69, 9.17) is 4.74 Å². The Balaban J connectivity index is 2.77. The van der Waals surface area contributed by atoms with Gasteiger partial charge in [-0.25, -0.2) is 0 Å². The number of halogens is 3. The highest BCUT2D eigenvalue weighted by Crippen LogP contribution is 2.34. The van der Waals surface area contributed by atoms with Crippen LogP contribution < -0.4 is 4.74 Å². The summed E-state index contributed by atoms with van der Waals surface area (Å²) in [5.74, 6) is 0.586. The van der Waals surface area contributed by atoms with Gasteiger partial charge in [-0.3, -0.25) is 0 Å². The summed E-state index contributed by atoms with van der Waals surface area (Å²) in [6, 6.07) is 6.04. The van der Waals surface area contributed by atoms with Crippen molar-refractivity contribution in [3.8, 4) is 5.75 Å². The van der Waals surface area contributed by atoms with Crippen LogP contribution in [0.15, 0.2) is 24.3 Å². The normalized spacial score (nSPS) is 15.2. The molecule has 1 atom stereocenters. The van der Waals surface area contributed by atoms with E-state index < -0.39 is 18.2 Å². The summed E-state index contributed by atoms with van der Waals surface area (Å²) in [5.41, 5.74) is -1.69.